The molecular weight excluding hydrogens is 360 g/mol. The van der Waals surface area contributed by atoms with E-state index in [2.05, 4.69) is 4.98 Å². The van der Waals surface area contributed by atoms with Crippen LogP contribution in [0.4, 0.5) is 25.1 Å². The van der Waals surface area contributed by atoms with Crippen molar-refractivity contribution in [2.75, 3.05) is 42.8 Å². The molecule has 0 saturated carbocycles. The van der Waals surface area contributed by atoms with Gasteiger partial charge in [-0.15, -0.1) is 0 Å². The molecule has 2 fully saturated rings. The molecule has 142 valence electrons. The monoisotopic (exact) mass is 377 g/mol. The Bertz CT molecular complexity index is 862. The summed E-state index contributed by atoms with van der Waals surface area (Å²) < 4.78 is 39.4. The second-order valence-corrected chi connectivity index (χ2v) is 6.25. The fourth-order valence-electron chi connectivity index (χ4n) is 3.14. The number of benzene rings is 1. The van der Waals surface area contributed by atoms with E-state index in [1.807, 2.05) is 0 Å². The number of carbonyl (C=O) groups excluding carboxylic acids is 1. The van der Waals surface area contributed by atoms with Crippen LogP contribution in [0.1, 0.15) is 0 Å². The maximum absolute atomic E-state index is 14.6. The third-order valence-corrected chi connectivity index (χ3v) is 4.59. The lowest BCUT2D eigenvalue weighted by molar-refractivity contribution is 0.0645. The Labute approximate surface area is 153 Å². The Morgan fingerprint density at radius 3 is 2.70 bits per heavy atom. The molecule has 0 radical (unpaired) electrons. The number of rotatable bonds is 4. The van der Waals surface area contributed by atoms with E-state index in [9.17, 15) is 13.6 Å². The quantitative estimate of drug-likeness (QED) is 0.880. The highest BCUT2D eigenvalue weighted by molar-refractivity contribution is 5.88. The van der Waals surface area contributed by atoms with Gasteiger partial charge in [0.2, 0.25) is 0 Å². The molecule has 2 aliphatic heterocycles. The van der Waals surface area contributed by atoms with Crippen LogP contribution in [-0.4, -0.2) is 55.3 Å². The smallest absolute Gasteiger partial charge is 0.415 e. The predicted molar refractivity (Wildman–Crippen MR) is 92.5 cm³/mol. The van der Waals surface area contributed by atoms with Crippen molar-refractivity contribution in [3.8, 4) is 11.1 Å². The van der Waals surface area contributed by atoms with Crippen LogP contribution in [0.15, 0.2) is 30.5 Å². The lowest BCUT2D eigenvalue weighted by atomic mass is 10.1. The van der Waals surface area contributed by atoms with Gasteiger partial charge in [0.1, 0.15) is 25.3 Å². The van der Waals surface area contributed by atoms with Crippen LogP contribution in [-0.2, 0) is 9.47 Å². The van der Waals surface area contributed by atoms with E-state index < -0.39 is 23.8 Å². The zero-order valence-corrected chi connectivity index (χ0v) is 14.3. The lowest BCUT2D eigenvalue weighted by Crippen LogP contribution is -2.24. The van der Waals surface area contributed by atoms with Gasteiger partial charge in [-0.2, -0.15) is 0 Å². The summed E-state index contributed by atoms with van der Waals surface area (Å²) in [7, 11) is 0. The van der Waals surface area contributed by atoms with Crippen molar-refractivity contribution in [2.45, 2.75) is 6.10 Å². The van der Waals surface area contributed by atoms with Gasteiger partial charge in [-0.3, -0.25) is 4.90 Å². The first-order valence-corrected chi connectivity index (χ1v) is 8.44. The molecule has 3 heterocycles. The number of cyclic esters (lactones) is 1. The van der Waals surface area contributed by atoms with E-state index in [0.717, 1.165) is 0 Å². The zero-order chi connectivity index (χ0) is 19.0. The van der Waals surface area contributed by atoms with Gasteiger partial charge in [0.05, 0.1) is 18.8 Å². The molecule has 2 saturated heterocycles. The number of nitrogens with zero attached hydrogens (tertiary/aromatic N) is 3. The summed E-state index contributed by atoms with van der Waals surface area (Å²) in [6, 6.07) is 6.09. The average Bonchev–Trinajstić information content (AvgIpc) is 3.33. The van der Waals surface area contributed by atoms with Crippen LogP contribution >= 0.6 is 0 Å². The number of hydrogen-bond acceptors (Lipinski definition) is 6. The molecular formula is C18H17F2N3O4. The van der Waals surface area contributed by atoms with Gasteiger partial charge >= 0.3 is 6.09 Å². The highest BCUT2D eigenvalue weighted by atomic mass is 19.2. The van der Waals surface area contributed by atoms with Crippen LogP contribution in [0.5, 0.6) is 0 Å². The number of ether oxygens (including phenoxy) is 2. The summed E-state index contributed by atoms with van der Waals surface area (Å²) in [4.78, 5) is 18.6. The molecule has 1 amide bonds. The maximum Gasteiger partial charge on any atom is 0.415 e. The van der Waals surface area contributed by atoms with Gasteiger partial charge in [0.25, 0.3) is 0 Å². The fourth-order valence-corrected chi connectivity index (χ4v) is 3.14. The Morgan fingerprint density at radius 1 is 1.22 bits per heavy atom. The lowest BCUT2D eigenvalue weighted by Gasteiger charge is -2.18. The SMILES string of the molecule is O=C1OCCN1c1ccc(-c2ccc(N3COC(CO)C3)c(F)c2F)cn1. The molecule has 0 aliphatic carbocycles. The van der Waals surface area contributed by atoms with Crippen LogP contribution in [0.25, 0.3) is 11.1 Å². The highest BCUT2D eigenvalue weighted by Gasteiger charge is 2.27. The Hall–Kier alpha value is -2.78. The van der Waals surface area contributed by atoms with Crippen LogP contribution < -0.4 is 9.80 Å². The van der Waals surface area contributed by atoms with E-state index in [-0.39, 0.29) is 31.1 Å². The number of carbonyl (C=O) groups is 1. The van der Waals surface area contributed by atoms with Crippen LogP contribution in [0.2, 0.25) is 0 Å². The van der Waals surface area contributed by atoms with Crippen molar-refractivity contribution in [2.24, 2.45) is 0 Å². The molecule has 9 heteroatoms. The highest BCUT2D eigenvalue weighted by Crippen LogP contribution is 2.32. The summed E-state index contributed by atoms with van der Waals surface area (Å²) in [5.41, 5.74) is 0.537. The summed E-state index contributed by atoms with van der Waals surface area (Å²) >= 11 is 0. The number of aromatic nitrogens is 1. The molecule has 27 heavy (non-hydrogen) atoms. The first-order chi connectivity index (χ1) is 13.1. The van der Waals surface area contributed by atoms with Crippen molar-refractivity contribution in [3.63, 3.8) is 0 Å². The van der Waals surface area contributed by atoms with Gasteiger partial charge in [0, 0.05) is 23.9 Å². The normalized spacial score (nSPS) is 19.7. The van der Waals surface area contributed by atoms with Crippen molar-refractivity contribution < 1.29 is 28.2 Å². The Morgan fingerprint density at radius 2 is 2.07 bits per heavy atom. The van der Waals surface area contributed by atoms with Gasteiger partial charge in [-0.1, -0.05) is 0 Å². The third-order valence-electron chi connectivity index (χ3n) is 4.59. The van der Waals surface area contributed by atoms with Gasteiger partial charge in [0.15, 0.2) is 11.6 Å². The van der Waals surface area contributed by atoms with Crippen LogP contribution in [0, 0.1) is 11.6 Å². The van der Waals surface area contributed by atoms with Gasteiger partial charge in [-0.05, 0) is 24.3 Å². The van der Waals surface area contributed by atoms with E-state index in [4.69, 9.17) is 14.6 Å². The molecule has 4 rings (SSSR count). The number of anilines is 2. The second-order valence-electron chi connectivity index (χ2n) is 6.25. The van der Waals surface area contributed by atoms with Crippen molar-refractivity contribution in [1.82, 2.24) is 4.98 Å². The maximum atomic E-state index is 14.6. The van der Waals surface area contributed by atoms with E-state index in [0.29, 0.717) is 24.5 Å². The predicted octanol–water partition coefficient (Wildman–Crippen LogP) is 2.14. The summed E-state index contributed by atoms with van der Waals surface area (Å²) in [6.07, 6.45) is 0.492. The molecule has 2 aromatic rings. The molecule has 1 aromatic heterocycles. The Kier molecular flexibility index (Phi) is 4.63. The minimum Gasteiger partial charge on any atom is -0.447 e. The minimum absolute atomic E-state index is 0.0677. The molecule has 0 spiro atoms. The number of aliphatic hydroxyl groups is 1. The molecule has 1 aromatic carbocycles. The molecule has 1 atom stereocenters. The summed E-state index contributed by atoms with van der Waals surface area (Å²) in [5, 5.41) is 9.11. The van der Waals surface area contributed by atoms with Crippen molar-refractivity contribution in [1.29, 1.82) is 0 Å². The standard InChI is InChI=1S/C18H17F2N3O4/c19-16-13(2-3-14(17(16)20)22-8-12(9-24)27-10-22)11-1-4-15(21-7-11)23-5-6-26-18(23)25/h1-4,7,12,24H,5-6,8-10H2. The minimum atomic E-state index is -0.991. The fraction of sp³-hybridized carbons (Fsp3) is 0.333. The topological polar surface area (TPSA) is 75.1 Å². The largest absolute Gasteiger partial charge is 0.447 e. The van der Waals surface area contributed by atoms with Gasteiger partial charge in [-0.25, -0.2) is 18.6 Å². The van der Waals surface area contributed by atoms with Crippen LogP contribution in [0.3, 0.4) is 0 Å². The first kappa shape index (κ1) is 17.6. The number of amides is 1. The van der Waals surface area contributed by atoms with E-state index in [1.165, 1.54) is 28.1 Å². The summed E-state index contributed by atoms with van der Waals surface area (Å²) in [6.45, 7) is 0.884. The second kappa shape index (κ2) is 7.09. The van der Waals surface area contributed by atoms with E-state index >= 15 is 0 Å². The number of aliphatic hydroxyl groups excluding tert-OH is 1. The molecule has 0 bridgehead atoms. The molecule has 7 nitrogen and oxygen atoms in total. The third kappa shape index (κ3) is 3.19. The molecule has 1 N–H and O–H groups in total. The first-order valence-electron chi connectivity index (χ1n) is 8.44. The van der Waals surface area contributed by atoms with Gasteiger partial charge < -0.3 is 19.5 Å². The van der Waals surface area contributed by atoms with E-state index in [1.54, 1.807) is 12.1 Å². The molecule has 2 aliphatic rings. The summed E-state index contributed by atoms with van der Waals surface area (Å²) in [5.74, 6) is -1.58. The van der Waals surface area contributed by atoms with Crippen molar-refractivity contribution in [3.05, 3.63) is 42.1 Å². The number of hydrogen-bond donors (Lipinski definition) is 1. The zero-order valence-electron chi connectivity index (χ0n) is 14.3. The number of pyridine rings is 1. The average molecular weight is 377 g/mol. The molecule has 1 unspecified atom stereocenters. The van der Waals surface area contributed by atoms with Crippen molar-refractivity contribution >= 4 is 17.6 Å². The Balaban J connectivity index is 1.59. The number of halogens is 2.